The van der Waals surface area contributed by atoms with Gasteiger partial charge < -0.3 is 14.2 Å². The summed E-state index contributed by atoms with van der Waals surface area (Å²) in [6.45, 7) is 8.79. The summed E-state index contributed by atoms with van der Waals surface area (Å²) in [5.74, 6) is 3.15. The summed E-state index contributed by atoms with van der Waals surface area (Å²) < 4.78 is 18.8. The molecule has 0 aliphatic carbocycles. The van der Waals surface area contributed by atoms with Gasteiger partial charge in [-0.25, -0.2) is 4.98 Å². The van der Waals surface area contributed by atoms with Crippen LogP contribution in [0.25, 0.3) is 16.6 Å². The van der Waals surface area contributed by atoms with Crippen LogP contribution in [0.3, 0.4) is 0 Å². The van der Waals surface area contributed by atoms with Gasteiger partial charge in [0.2, 0.25) is 0 Å². The maximum absolute atomic E-state index is 5.85. The van der Waals surface area contributed by atoms with Crippen LogP contribution in [0.4, 0.5) is 0 Å². The second-order valence-corrected chi connectivity index (χ2v) is 7.33. The number of fused-ring (bicyclic) bond motifs is 3. The number of hydrogen-bond donors (Lipinski definition) is 0. The average molecular weight is 385 g/mol. The summed E-state index contributed by atoms with van der Waals surface area (Å²) in [5, 5.41) is 9.92. The quantitative estimate of drug-likeness (QED) is 0.668. The maximum Gasteiger partial charge on any atom is 0.171 e. The Morgan fingerprint density at radius 2 is 1.71 bits per heavy atom. The van der Waals surface area contributed by atoms with Crippen LogP contribution in [0.5, 0.6) is 11.5 Å². The molecule has 3 heterocycles. The topological polar surface area (TPSA) is 74.0 Å². The molecular weight excluding hydrogens is 358 g/mol. The van der Waals surface area contributed by atoms with Crippen LogP contribution in [0.15, 0.2) is 12.1 Å². The van der Waals surface area contributed by atoms with E-state index in [0.717, 1.165) is 47.7 Å². The van der Waals surface area contributed by atoms with Gasteiger partial charge in [-0.2, -0.15) is 0 Å². The minimum Gasteiger partial charge on any atom is -0.493 e. The van der Waals surface area contributed by atoms with E-state index in [4.69, 9.17) is 19.2 Å². The fourth-order valence-corrected chi connectivity index (χ4v) is 4.04. The summed E-state index contributed by atoms with van der Waals surface area (Å²) in [6.07, 6.45) is 1.20. The van der Waals surface area contributed by atoms with Crippen LogP contribution in [0, 0.1) is 0 Å². The molecule has 0 unspecified atom stereocenters. The Balaban J connectivity index is 1.82. The lowest BCUT2D eigenvalue weighted by molar-refractivity contribution is -0.0711. The molecule has 1 saturated heterocycles. The SMILES string of the molecule is CCc1nc2cc(OC)c(OC)cc2c2nnc(CN3C[C@@H](C)O[C@@H](C)C3)n12. The minimum atomic E-state index is 0.212. The number of hydrogen-bond acceptors (Lipinski definition) is 7. The van der Waals surface area contributed by atoms with Gasteiger partial charge in [-0.15, -0.1) is 10.2 Å². The Morgan fingerprint density at radius 1 is 1.04 bits per heavy atom. The molecule has 2 atom stereocenters. The van der Waals surface area contributed by atoms with Crippen molar-refractivity contribution in [2.75, 3.05) is 27.3 Å². The fourth-order valence-electron chi connectivity index (χ4n) is 4.04. The van der Waals surface area contributed by atoms with Gasteiger partial charge in [0.05, 0.1) is 38.5 Å². The van der Waals surface area contributed by atoms with E-state index in [1.54, 1.807) is 14.2 Å². The molecule has 2 aromatic heterocycles. The number of nitrogens with zero attached hydrogens (tertiary/aromatic N) is 5. The summed E-state index contributed by atoms with van der Waals surface area (Å²) in [7, 11) is 3.26. The number of ether oxygens (including phenoxy) is 3. The highest BCUT2D eigenvalue weighted by molar-refractivity contribution is 5.93. The largest absolute Gasteiger partial charge is 0.493 e. The smallest absolute Gasteiger partial charge is 0.171 e. The minimum absolute atomic E-state index is 0.212. The van der Waals surface area contributed by atoms with Crippen molar-refractivity contribution in [1.82, 2.24) is 24.5 Å². The zero-order valence-corrected chi connectivity index (χ0v) is 17.1. The van der Waals surface area contributed by atoms with Crippen molar-refractivity contribution < 1.29 is 14.2 Å². The normalized spacial score (nSPS) is 20.8. The van der Waals surface area contributed by atoms with E-state index in [2.05, 4.69) is 40.3 Å². The van der Waals surface area contributed by atoms with E-state index >= 15 is 0 Å². The monoisotopic (exact) mass is 385 g/mol. The van der Waals surface area contributed by atoms with Crippen LogP contribution in [-0.4, -0.2) is 64.0 Å². The van der Waals surface area contributed by atoms with Gasteiger partial charge in [-0.1, -0.05) is 6.92 Å². The van der Waals surface area contributed by atoms with Gasteiger partial charge in [-0.05, 0) is 19.9 Å². The Morgan fingerprint density at radius 3 is 2.36 bits per heavy atom. The molecule has 0 amide bonds. The second kappa shape index (κ2) is 7.52. The molecule has 0 N–H and O–H groups in total. The highest BCUT2D eigenvalue weighted by Crippen LogP contribution is 2.33. The summed E-state index contributed by atoms with van der Waals surface area (Å²) in [4.78, 5) is 7.23. The number of rotatable bonds is 5. The molecule has 4 rings (SSSR count). The van der Waals surface area contributed by atoms with Gasteiger partial charge >= 0.3 is 0 Å². The molecule has 0 spiro atoms. The number of aryl methyl sites for hydroxylation is 1. The molecule has 3 aromatic rings. The Hall–Kier alpha value is -2.45. The van der Waals surface area contributed by atoms with E-state index in [1.807, 2.05) is 12.1 Å². The first-order valence-corrected chi connectivity index (χ1v) is 9.70. The number of benzene rings is 1. The van der Waals surface area contributed by atoms with Crippen LogP contribution >= 0.6 is 0 Å². The molecule has 8 nitrogen and oxygen atoms in total. The molecule has 8 heteroatoms. The lowest BCUT2D eigenvalue weighted by Gasteiger charge is -2.34. The molecule has 0 saturated carbocycles. The summed E-state index contributed by atoms with van der Waals surface area (Å²) in [5.41, 5.74) is 1.63. The van der Waals surface area contributed by atoms with Gasteiger partial charge in [-0.3, -0.25) is 9.30 Å². The van der Waals surface area contributed by atoms with Crippen molar-refractivity contribution in [3.8, 4) is 11.5 Å². The van der Waals surface area contributed by atoms with E-state index in [0.29, 0.717) is 18.0 Å². The van der Waals surface area contributed by atoms with Crippen LogP contribution < -0.4 is 9.47 Å². The van der Waals surface area contributed by atoms with Crippen molar-refractivity contribution in [3.63, 3.8) is 0 Å². The van der Waals surface area contributed by atoms with Crippen LogP contribution in [0.1, 0.15) is 32.4 Å². The summed E-state index contributed by atoms with van der Waals surface area (Å²) >= 11 is 0. The zero-order chi connectivity index (χ0) is 19.8. The third-order valence-electron chi connectivity index (χ3n) is 5.16. The van der Waals surface area contributed by atoms with E-state index < -0.39 is 0 Å². The van der Waals surface area contributed by atoms with Crippen molar-refractivity contribution in [1.29, 1.82) is 0 Å². The first-order valence-electron chi connectivity index (χ1n) is 9.70. The molecule has 1 aliphatic rings. The number of morpholine rings is 1. The van der Waals surface area contributed by atoms with E-state index in [9.17, 15) is 0 Å². The highest BCUT2D eigenvalue weighted by Gasteiger charge is 2.24. The van der Waals surface area contributed by atoms with Gasteiger partial charge in [0.15, 0.2) is 23.0 Å². The lowest BCUT2D eigenvalue weighted by atomic mass is 10.2. The predicted molar refractivity (Wildman–Crippen MR) is 106 cm³/mol. The third kappa shape index (κ3) is 3.27. The fraction of sp³-hybridized carbons (Fsp3) is 0.550. The van der Waals surface area contributed by atoms with Crippen molar-refractivity contribution in [2.24, 2.45) is 0 Å². The van der Waals surface area contributed by atoms with Gasteiger partial charge in [0, 0.05) is 31.0 Å². The van der Waals surface area contributed by atoms with E-state index in [1.165, 1.54) is 0 Å². The summed E-state index contributed by atoms with van der Waals surface area (Å²) in [6, 6.07) is 3.82. The van der Waals surface area contributed by atoms with Gasteiger partial charge in [0.25, 0.3) is 0 Å². The predicted octanol–water partition coefficient (Wildman–Crippen LogP) is 2.47. The number of aromatic nitrogens is 4. The van der Waals surface area contributed by atoms with Crippen LogP contribution in [-0.2, 0) is 17.7 Å². The first kappa shape index (κ1) is 18.9. The third-order valence-corrected chi connectivity index (χ3v) is 5.16. The maximum atomic E-state index is 5.85. The van der Waals surface area contributed by atoms with E-state index in [-0.39, 0.29) is 12.2 Å². The Kier molecular flexibility index (Phi) is 5.07. The van der Waals surface area contributed by atoms with Gasteiger partial charge in [0.1, 0.15) is 5.82 Å². The lowest BCUT2D eigenvalue weighted by Crippen LogP contribution is -2.45. The second-order valence-electron chi connectivity index (χ2n) is 7.33. The molecule has 1 aromatic carbocycles. The molecule has 150 valence electrons. The average Bonchev–Trinajstić information content (AvgIpc) is 3.09. The Bertz CT molecular complexity index is 993. The van der Waals surface area contributed by atoms with Crippen molar-refractivity contribution in [2.45, 2.75) is 45.9 Å². The van der Waals surface area contributed by atoms with Crippen LogP contribution in [0.2, 0.25) is 0 Å². The molecule has 1 fully saturated rings. The molecule has 1 aliphatic heterocycles. The number of methoxy groups -OCH3 is 2. The highest BCUT2D eigenvalue weighted by atomic mass is 16.5. The van der Waals surface area contributed by atoms with Crippen molar-refractivity contribution >= 4 is 16.6 Å². The zero-order valence-electron chi connectivity index (χ0n) is 17.1. The standard InChI is InChI=1S/C20H27N5O3/c1-6-18-21-15-8-17(27-5)16(26-4)7-14(15)20-23-22-19(25(18)20)11-24-9-12(2)28-13(3)10-24/h7-8,12-13H,6,9-11H2,1-5H3/t12-,13+. The molecule has 0 bridgehead atoms. The van der Waals surface area contributed by atoms with Crippen molar-refractivity contribution in [3.05, 3.63) is 23.8 Å². The first-order chi connectivity index (χ1) is 13.5. The molecular formula is C20H27N5O3. The molecule has 0 radical (unpaired) electrons. The Labute approximate surface area is 164 Å². The molecule has 28 heavy (non-hydrogen) atoms.